The molecule has 0 aromatic carbocycles. The molecule has 0 unspecified atom stereocenters. The summed E-state index contributed by atoms with van der Waals surface area (Å²) in [4.78, 5) is 27.8. The molecule has 0 N–H and O–H groups in total. The summed E-state index contributed by atoms with van der Waals surface area (Å²) < 4.78 is 11.1. The first kappa shape index (κ1) is 18.3. The molecule has 3 heterocycles. The van der Waals surface area contributed by atoms with Crippen molar-refractivity contribution < 1.29 is 14.3 Å². The second kappa shape index (κ2) is 8.71. The number of rotatable bonds is 6. The molecule has 0 saturated carbocycles. The minimum atomic E-state index is -0.0642. The van der Waals surface area contributed by atoms with E-state index < -0.39 is 0 Å². The summed E-state index contributed by atoms with van der Waals surface area (Å²) >= 11 is 0. The molecule has 1 atom stereocenters. The van der Waals surface area contributed by atoms with E-state index in [4.69, 9.17) is 9.47 Å². The third-order valence-electron chi connectivity index (χ3n) is 4.47. The van der Waals surface area contributed by atoms with Gasteiger partial charge in [0, 0.05) is 25.1 Å². The first-order valence-corrected chi connectivity index (χ1v) is 8.93. The SMILES string of the molecule is CCOc1ncccc1C(=O)N1CCOC[C@@H]1CCc1nccnc1C. The molecular formula is C19H24N4O3. The molecule has 2 aromatic heterocycles. The van der Waals surface area contributed by atoms with E-state index in [9.17, 15) is 4.79 Å². The highest BCUT2D eigenvalue weighted by atomic mass is 16.5. The van der Waals surface area contributed by atoms with Crippen LogP contribution in [0, 0.1) is 6.92 Å². The van der Waals surface area contributed by atoms with Crippen molar-refractivity contribution in [1.82, 2.24) is 19.9 Å². The number of morpholine rings is 1. The van der Waals surface area contributed by atoms with Gasteiger partial charge in [-0.1, -0.05) is 0 Å². The van der Waals surface area contributed by atoms with Crippen molar-refractivity contribution in [1.29, 1.82) is 0 Å². The zero-order valence-electron chi connectivity index (χ0n) is 15.2. The topological polar surface area (TPSA) is 77.4 Å². The lowest BCUT2D eigenvalue weighted by Crippen LogP contribution is -2.49. The molecule has 3 rings (SSSR count). The summed E-state index contributed by atoms with van der Waals surface area (Å²) in [7, 11) is 0. The summed E-state index contributed by atoms with van der Waals surface area (Å²) in [5.41, 5.74) is 2.38. The van der Waals surface area contributed by atoms with Gasteiger partial charge in [-0.05, 0) is 38.8 Å². The number of hydrogen-bond donors (Lipinski definition) is 0. The number of amides is 1. The lowest BCUT2D eigenvalue weighted by atomic mass is 10.0. The van der Waals surface area contributed by atoms with Crippen molar-refractivity contribution in [2.45, 2.75) is 32.7 Å². The summed E-state index contributed by atoms with van der Waals surface area (Å²) in [5, 5.41) is 0. The number of hydrogen-bond acceptors (Lipinski definition) is 6. The predicted molar refractivity (Wildman–Crippen MR) is 96.1 cm³/mol. The fourth-order valence-corrected chi connectivity index (χ4v) is 3.11. The lowest BCUT2D eigenvalue weighted by Gasteiger charge is -2.36. The van der Waals surface area contributed by atoms with Gasteiger partial charge in [-0.15, -0.1) is 0 Å². The third-order valence-corrected chi connectivity index (χ3v) is 4.47. The summed E-state index contributed by atoms with van der Waals surface area (Å²) in [6.45, 7) is 5.92. The molecule has 0 aliphatic carbocycles. The number of carbonyl (C=O) groups excluding carboxylic acids is 1. The van der Waals surface area contributed by atoms with Gasteiger partial charge in [0.15, 0.2) is 0 Å². The van der Waals surface area contributed by atoms with E-state index in [2.05, 4.69) is 15.0 Å². The van der Waals surface area contributed by atoms with Crippen molar-refractivity contribution in [3.8, 4) is 5.88 Å². The molecule has 1 aliphatic rings. The van der Waals surface area contributed by atoms with Crippen LogP contribution in [0.3, 0.4) is 0 Å². The highest BCUT2D eigenvalue weighted by molar-refractivity contribution is 5.96. The van der Waals surface area contributed by atoms with Crippen LogP contribution in [0.4, 0.5) is 0 Å². The van der Waals surface area contributed by atoms with Crippen molar-refractivity contribution >= 4 is 5.91 Å². The van der Waals surface area contributed by atoms with Gasteiger partial charge in [0.2, 0.25) is 5.88 Å². The second-order valence-electron chi connectivity index (χ2n) is 6.14. The smallest absolute Gasteiger partial charge is 0.259 e. The lowest BCUT2D eigenvalue weighted by molar-refractivity contribution is -0.00435. The largest absolute Gasteiger partial charge is 0.477 e. The van der Waals surface area contributed by atoms with Crippen molar-refractivity contribution in [3.63, 3.8) is 0 Å². The second-order valence-corrected chi connectivity index (χ2v) is 6.14. The van der Waals surface area contributed by atoms with Gasteiger partial charge in [0.25, 0.3) is 5.91 Å². The van der Waals surface area contributed by atoms with E-state index in [1.807, 2.05) is 18.7 Å². The Kier molecular flexibility index (Phi) is 6.12. The Morgan fingerprint density at radius 1 is 1.31 bits per heavy atom. The summed E-state index contributed by atoms with van der Waals surface area (Å²) in [6.07, 6.45) is 6.55. The Morgan fingerprint density at radius 3 is 2.96 bits per heavy atom. The highest BCUT2D eigenvalue weighted by Crippen LogP contribution is 2.21. The molecule has 138 valence electrons. The standard InChI is InChI=1S/C19H24N4O3/c1-3-26-18-16(5-4-8-22-18)19(24)23-11-12-25-13-15(23)6-7-17-14(2)20-9-10-21-17/h4-5,8-10,15H,3,6-7,11-13H2,1-2H3/t15-/m0/s1. The van der Waals surface area contributed by atoms with Gasteiger partial charge in [0.05, 0.1) is 37.3 Å². The van der Waals surface area contributed by atoms with Gasteiger partial charge < -0.3 is 14.4 Å². The molecule has 26 heavy (non-hydrogen) atoms. The van der Waals surface area contributed by atoms with E-state index in [1.165, 1.54) is 0 Å². The Labute approximate surface area is 153 Å². The number of nitrogens with zero attached hydrogens (tertiary/aromatic N) is 4. The minimum Gasteiger partial charge on any atom is -0.477 e. The Bertz CT molecular complexity index is 753. The Balaban J connectivity index is 1.74. The fourth-order valence-electron chi connectivity index (χ4n) is 3.11. The molecule has 1 aliphatic heterocycles. The van der Waals surface area contributed by atoms with Crippen LogP contribution in [0.15, 0.2) is 30.7 Å². The van der Waals surface area contributed by atoms with Crippen molar-refractivity contribution in [3.05, 3.63) is 47.7 Å². The van der Waals surface area contributed by atoms with Gasteiger partial charge in [-0.25, -0.2) is 4.98 Å². The summed E-state index contributed by atoms with van der Waals surface area (Å²) in [6, 6.07) is 3.51. The van der Waals surface area contributed by atoms with Crippen LogP contribution >= 0.6 is 0 Å². The minimum absolute atomic E-state index is 0.00709. The number of pyridine rings is 1. The van der Waals surface area contributed by atoms with Gasteiger partial charge in [-0.2, -0.15) is 0 Å². The number of aryl methyl sites for hydroxylation is 2. The van der Waals surface area contributed by atoms with E-state index in [0.29, 0.717) is 37.8 Å². The molecule has 0 radical (unpaired) electrons. The molecule has 7 heteroatoms. The van der Waals surface area contributed by atoms with E-state index >= 15 is 0 Å². The van der Waals surface area contributed by atoms with Crippen LogP contribution < -0.4 is 4.74 Å². The monoisotopic (exact) mass is 356 g/mol. The molecule has 0 spiro atoms. The zero-order valence-corrected chi connectivity index (χ0v) is 15.2. The molecule has 2 aromatic rings. The first-order chi connectivity index (χ1) is 12.7. The average Bonchev–Trinajstić information content (AvgIpc) is 2.68. The van der Waals surface area contributed by atoms with Gasteiger partial charge >= 0.3 is 0 Å². The van der Waals surface area contributed by atoms with Crippen LogP contribution in [0.25, 0.3) is 0 Å². The maximum atomic E-state index is 13.1. The molecule has 0 bridgehead atoms. The van der Waals surface area contributed by atoms with Crippen LogP contribution in [0.5, 0.6) is 5.88 Å². The van der Waals surface area contributed by atoms with Crippen LogP contribution in [0.2, 0.25) is 0 Å². The third kappa shape index (κ3) is 4.16. The molecule has 7 nitrogen and oxygen atoms in total. The van der Waals surface area contributed by atoms with Crippen LogP contribution in [-0.2, 0) is 11.2 Å². The quantitative estimate of drug-likeness (QED) is 0.788. The van der Waals surface area contributed by atoms with Crippen molar-refractivity contribution in [2.24, 2.45) is 0 Å². The fraction of sp³-hybridized carbons (Fsp3) is 0.474. The molecular weight excluding hydrogens is 332 g/mol. The molecule has 1 saturated heterocycles. The summed E-state index contributed by atoms with van der Waals surface area (Å²) in [5.74, 6) is 0.320. The molecule has 1 fully saturated rings. The van der Waals surface area contributed by atoms with Crippen molar-refractivity contribution in [2.75, 3.05) is 26.4 Å². The number of aromatic nitrogens is 3. The number of ether oxygens (including phenoxy) is 2. The zero-order chi connectivity index (χ0) is 18.4. The van der Waals surface area contributed by atoms with Gasteiger partial charge in [-0.3, -0.25) is 14.8 Å². The van der Waals surface area contributed by atoms with E-state index in [0.717, 1.165) is 24.2 Å². The van der Waals surface area contributed by atoms with Crippen LogP contribution in [0.1, 0.15) is 35.1 Å². The Hall–Kier alpha value is -2.54. The maximum absolute atomic E-state index is 13.1. The first-order valence-electron chi connectivity index (χ1n) is 8.93. The molecule has 1 amide bonds. The van der Waals surface area contributed by atoms with E-state index in [-0.39, 0.29) is 11.9 Å². The number of carbonyl (C=O) groups is 1. The van der Waals surface area contributed by atoms with E-state index in [1.54, 1.807) is 30.7 Å². The maximum Gasteiger partial charge on any atom is 0.259 e. The normalized spacial score (nSPS) is 17.2. The highest BCUT2D eigenvalue weighted by Gasteiger charge is 2.30. The van der Waals surface area contributed by atoms with Gasteiger partial charge in [0.1, 0.15) is 5.56 Å². The Morgan fingerprint density at radius 2 is 2.15 bits per heavy atom. The average molecular weight is 356 g/mol. The predicted octanol–water partition coefficient (Wildman–Crippen LogP) is 2.05. The van der Waals surface area contributed by atoms with Crippen LogP contribution in [-0.4, -0.2) is 58.2 Å².